The smallest absolute Gasteiger partial charge is 0.108 e. The van der Waals surface area contributed by atoms with Crippen molar-refractivity contribution in [2.45, 2.75) is 26.5 Å². The molecule has 0 bridgehead atoms. The van der Waals surface area contributed by atoms with Crippen LogP contribution in [0.1, 0.15) is 19.0 Å². The number of aliphatic hydroxyl groups is 1. The normalized spacial score (nSPS) is 11.6. The molecule has 0 spiro atoms. The molecule has 0 unspecified atom stereocenters. The topological polar surface area (TPSA) is 152 Å². The molecule has 0 fully saturated rings. The molecule has 1 N–H and O–H groups in total. The fourth-order valence-electron chi connectivity index (χ4n) is 3.12. The Hall–Kier alpha value is -1.34. The summed E-state index contributed by atoms with van der Waals surface area (Å²) in [4.78, 5) is 0. The molecule has 1 aromatic heterocycles. The second-order valence-corrected chi connectivity index (χ2v) is 8.87. The van der Waals surface area contributed by atoms with Crippen LogP contribution in [0, 0.1) is 0 Å². The highest BCUT2D eigenvalue weighted by molar-refractivity contribution is 4.88. The number of nitrogens with zero attached hydrogens (tertiary/aromatic N) is 3. The molecule has 1 rings (SSSR count). The van der Waals surface area contributed by atoms with Crippen molar-refractivity contribution >= 4 is 0 Å². The Balaban J connectivity index is 1.62. The van der Waals surface area contributed by atoms with Gasteiger partial charge >= 0.3 is 0 Å². The van der Waals surface area contributed by atoms with E-state index in [2.05, 4.69) is 17.2 Å². The monoisotopic (exact) mass is 625 g/mol. The largest absolute Gasteiger partial charge is 0.390 e. The van der Waals surface area contributed by atoms with Crippen LogP contribution < -0.4 is 0 Å². The Labute approximate surface area is 256 Å². The molecule has 0 aromatic carbocycles. The van der Waals surface area contributed by atoms with Crippen molar-refractivity contribution < 1.29 is 57.2 Å². The van der Waals surface area contributed by atoms with Gasteiger partial charge in [-0.05, 0) is 6.42 Å². The minimum absolute atomic E-state index is 0.115. The summed E-state index contributed by atoms with van der Waals surface area (Å²) in [7, 11) is 0. The van der Waals surface area contributed by atoms with E-state index >= 15 is 0 Å². The molecule has 254 valence electrons. The highest BCUT2D eigenvalue weighted by Crippen LogP contribution is 1.92. The second-order valence-electron chi connectivity index (χ2n) is 8.87. The number of rotatable bonds is 36. The van der Waals surface area contributed by atoms with E-state index in [0.717, 1.165) is 13.0 Å². The highest BCUT2D eigenvalue weighted by Gasteiger charge is 1.99. The van der Waals surface area contributed by atoms with Gasteiger partial charge in [0.25, 0.3) is 0 Å². The number of ether oxygens (including phenoxy) is 11. The first-order valence-electron chi connectivity index (χ1n) is 15.2. The van der Waals surface area contributed by atoms with E-state index in [1.807, 2.05) is 0 Å². The van der Waals surface area contributed by atoms with Crippen LogP contribution in [-0.4, -0.2) is 165 Å². The van der Waals surface area contributed by atoms with Crippen molar-refractivity contribution in [3.63, 3.8) is 0 Å². The van der Waals surface area contributed by atoms with Gasteiger partial charge in [-0.2, -0.15) is 0 Å². The molecule has 15 nitrogen and oxygen atoms in total. The standard InChI is InChI=1S/C28H55N3O12/c1-2-4-33-6-8-35-10-12-37-14-16-39-18-20-41-22-24-43-25-23-42-21-19-40-17-15-38-13-11-36-9-7-34-5-3-31-26-28(27-32)29-30-31/h26,32H,2-25,27H2,1H3. The molecule has 0 atom stereocenters. The average Bonchev–Trinajstić information content (AvgIpc) is 3.49. The molecule has 0 saturated carbocycles. The Kier molecular flexibility index (Phi) is 31.0. The van der Waals surface area contributed by atoms with Crippen LogP contribution in [0.2, 0.25) is 0 Å². The van der Waals surface area contributed by atoms with Gasteiger partial charge in [-0.3, -0.25) is 0 Å². The van der Waals surface area contributed by atoms with Crippen LogP contribution in [0.25, 0.3) is 0 Å². The summed E-state index contributed by atoms with van der Waals surface area (Å²) in [5.74, 6) is 0. The average molecular weight is 626 g/mol. The van der Waals surface area contributed by atoms with Gasteiger partial charge < -0.3 is 57.2 Å². The third kappa shape index (κ3) is 29.1. The molecular formula is C28H55N3O12. The maximum atomic E-state index is 8.95. The minimum Gasteiger partial charge on any atom is -0.390 e. The molecule has 0 aliphatic carbocycles. The van der Waals surface area contributed by atoms with Gasteiger partial charge in [0.1, 0.15) is 5.69 Å². The SMILES string of the molecule is CCCOCCOCCOCCOCCOCCOCCOCCOCCOCCOCCOCCn1cc(CO)nn1. The fraction of sp³-hybridized carbons (Fsp3) is 0.929. The lowest BCUT2D eigenvalue weighted by molar-refractivity contribution is -0.0275. The van der Waals surface area contributed by atoms with Gasteiger partial charge in [0.2, 0.25) is 0 Å². The van der Waals surface area contributed by atoms with Crippen LogP contribution in [0.4, 0.5) is 0 Å². The van der Waals surface area contributed by atoms with E-state index in [9.17, 15) is 0 Å². The predicted octanol–water partition coefficient (Wildman–Crippen LogP) is 0.363. The molecule has 1 aromatic rings. The van der Waals surface area contributed by atoms with Crippen LogP contribution in [0.15, 0.2) is 6.20 Å². The van der Waals surface area contributed by atoms with E-state index in [1.54, 1.807) is 10.9 Å². The Morgan fingerprint density at radius 3 is 1.00 bits per heavy atom. The lowest BCUT2D eigenvalue weighted by Crippen LogP contribution is -2.15. The van der Waals surface area contributed by atoms with Crippen molar-refractivity contribution in [1.29, 1.82) is 0 Å². The van der Waals surface area contributed by atoms with Gasteiger partial charge in [0, 0.05) is 6.61 Å². The van der Waals surface area contributed by atoms with E-state index < -0.39 is 0 Å². The fourth-order valence-corrected chi connectivity index (χ4v) is 3.12. The number of hydrogen-bond acceptors (Lipinski definition) is 14. The summed E-state index contributed by atoms with van der Waals surface area (Å²) in [5.41, 5.74) is 0.542. The zero-order chi connectivity index (χ0) is 30.7. The zero-order valence-corrected chi connectivity index (χ0v) is 26.0. The van der Waals surface area contributed by atoms with Crippen LogP contribution >= 0.6 is 0 Å². The molecule has 0 amide bonds. The number of hydrogen-bond donors (Lipinski definition) is 1. The van der Waals surface area contributed by atoms with E-state index in [-0.39, 0.29) is 6.61 Å². The molecule has 0 radical (unpaired) electrons. The van der Waals surface area contributed by atoms with Gasteiger partial charge in [0.15, 0.2) is 0 Å². The third-order valence-electron chi connectivity index (χ3n) is 5.28. The van der Waals surface area contributed by atoms with Crippen LogP contribution in [0.3, 0.4) is 0 Å². The number of aromatic nitrogens is 3. The lowest BCUT2D eigenvalue weighted by atomic mass is 10.5. The Morgan fingerprint density at radius 2 is 0.744 bits per heavy atom. The third-order valence-corrected chi connectivity index (χ3v) is 5.28. The maximum Gasteiger partial charge on any atom is 0.108 e. The summed E-state index contributed by atoms with van der Waals surface area (Å²) in [6.45, 7) is 14.3. The molecule has 15 heteroatoms. The zero-order valence-electron chi connectivity index (χ0n) is 26.0. The summed E-state index contributed by atoms with van der Waals surface area (Å²) in [6, 6.07) is 0. The lowest BCUT2D eigenvalue weighted by Gasteiger charge is -2.09. The van der Waals surface area contributed by atoms with Gasteiger partial charge in [0.05, 0.1) is 158 Å². The second kappa shape index (κ2) is 33.6. The van der Waals surface area contributed by atoms with E-state index in [0.29, 0.717) is 151 Å². The Bertz CT molecular complexity index is 675. The van der Waals surface area contributed by atoms with Gasteiger partial charge in [-0.1, -0.05) is 12.1 Å². The first kappa shape index (κ1) is 39.7. The first-order chi connectivity index (χ1) is 21.4. The molecule has 1 heterocycles. The summed E-state index contributed by atoms with van der Waals surface area (Å²) in [5, 5.41) is 16.6. The summed E-state index contributed by atoms with van der Waals surface area (Å²) < 4.78 is 61.5. The van der Waals surface area contributed by atoms with Crippen molar-refractivity contribution in [3.8, 4) is 0 Å². The first-order valence-corrected chi connectivity index (χ1v) is 15.2. The molecule has 43 heavy (non-hydrogen) atoms. The number of aliphatic hydroxyl groups excluding tert-OH is 1. The van der Waals surface area contributed by atoms with Crippen LogP contribution in [0.5, 0.6) is 0 Å². The van der Waals surface area contributed by atoms with Crippen LogP contribution in [-0.2, 0) is 65.3 Å². The Morgan fingerprint density at radius 1 is 0.465 bits per heavy atom. The van der Waals surface area contributed by atoms with Crippen molar-refractivity contribution in [2.24, 2.45) is 0 Å². The van der Waals surface area contributed by atoms with Crippen molar-refractivity contribution in [1.82, 2.24) is 15.0 Å². The molecule has 0 saturated heterocycles. The molecule has 0 aliphatic heterocycles. The predicted molar refractivity (Wildman–Crippen MR) is 155 cm³/mol. The minimum atomic E-state index is -0.115. The van der Waals surface area contributed by atoms with E-state index in [1.165, 1.54) is 0 Å². The van der Waals surface area contributed by atoms with Crippen molar-refractivity contribution in [2.75, 3.05) is 145 Å². The molecule has 0 aliphatic rings. The quantitative estimate of drug-likeness (QED) is 0.102. The summed E-state index contributed by atoms with van der Waals surface area (Å²) >= 11 is 0. The van der Waals surface area contributed by atoms with Gasteiger partial charge in [-0.25, -0.2) is 4.68 Å². The van der Waals surface area contributed by atoms with Gasteiger partial charge in [-0.15, -0.1) is 5.10 Å². The maximum absolute atomic E-state index is 8.95. The molecular weight excluding hydrogens is 570 g/mol. The van der Waals surface area contributed by atoms with E-state index in [4.69, 9.17) is 57.2 Å². The highest BCUT2D eigenvalue weighted by atomic mass is 16.6. The summed E-state index contributed by atoms with van der Waals surface area (Å²) in [6.07, 6.45) is 2.71. The van der Waals surface area contributed by atoms with Crippen molar-refractivity contribution in [3.05, 3.63) is 11.9 Å².